The Bertz CT molecular complexity index is 988. The van der Waals surface area contributed by atoms with Gasteiger partial charge in [-0.15, -0.1) is 0 Å². The maximum Gasteiger partial charge on any atom is 0.320 e. The standard InChI is InChI=1S/C19H19F2N5O2S/c1-12-16(17-23-9-10-26(17)18(20)21)29-19(24-12)25-14(27)7-8-22-15(28)11-13-5-3-2-4-6-13/h2-6,9-10,18H,7-8,11H2,1H3,(H,22,28)(H,24,25,27). The van der Waals surface area contributed by atoms with Crippen molar-refractivity contribution in [1.82, 2.24) is 19.9 Å². The van der Waals surface area contributed by atoms with Crippen LogP contribution in [0.15, 0.2) is 42.7 Å². The Labute approximate surface area is 169 Å². The molecule has 0 bridgehead atoms. The van der Waals surface area contributed by atoms with Gasteiger partial charge in [-0.25, -0.2) is 9.97 Å². The molecule has 2 aromatic heterocycles. The number of anilines is 1. The molecule has 0 aliphatic carbocycles. The Morgan fingerprint density at radius 3 is 2.69 bits per heavy atom. The van der Waals surface area contributed by atoms with Crippen molar-refractivity contribution in [2.45, 2.75) is 26.3 Å². The smallest absolute Gasteiger partial charge is 0.320 e. The third-order valence-corrected chi connectivity index (χ3v) is 5.08. The molecule has 1 aromatic carbocycles. The summed E-state index contributed by atoms with van der Waals surface area (Å²) in [6.07, 6.45) is 2.79. The van der Waals surface area contributed by atoms with Crippen molar-refractivity contribution in [3.63, 3.8) is 0 Å². The maximum absolute atomic E-state index is 13.0. The van der Waals surface area contributed by atoms with Crippen LogP contribution in [0.25, 0.3) is 10.7 Å². The van der Waals surface area contributed by atoms with Crippen LogP contribution in [0, 0.1) is 6.92 Å². The number of carbonyl (C=O) groups excluding carboxylic acids is 2. The number of hydrogen-bond donors (Lipinski definition) is 2. The molecule has 0 aliphatic rings. The lowest BCUT2D eigenvalue weighted by Gasteiger charge is -2.05. The van der Waals surface area contributed by atoms with Crippen LogP contribution in [0.5, 0.6) is 0 Å². The van der Waals surface area contributed by atoms with Gasteiger partial charge in [0.1, 0.15) is 0 Å². The topological polar surface area (TPSA) is 88.9 Å². The first-order valence-corrected chi connectivity index (χ1v) is 9.65. The van der Waals surface area contributed by atoms with Gasteiger partial charge in [-0.1, -0.05) is 41.7 Å². The summed E-state index contributed by atoms with van der Waals surface area (Å²) in [7, 11) is 0. The van der Waals surface area contributed by atoms with Crippen molar-refractivity contribution in [3.8, 4) is 10.7 Å². The number of halogens is 2. The zero-order chi connectivity index (χ0) is 20.8. The number of aryl methyl sites for hydroxylation is 1. The molecule has 3 rings (SSSR count). The fraction of sp³-hybridized carbons (Fsp3) is 0.263. The summed E-state index contributed by atoms with van der Waals surface area (Å²) in [6.45, 7) is -0.869. The van der Waals surface area contributed by atoms with E-state index in [1.165, 1.54) is 12.4 Å². The molecule has 0 atom stereocenters. The van der Waals surface area contributed by atoms with E-state index < -0.39 is 6.55 Å². The Balaban J connectivity index is 1.51. The Kier molecular flexibility index (Phi) is 6.65. The highest BCUT2D eigenvalue weighted by Crippen LogP contribution is 2.33. The molecule has 2 N–H and O–H groups in total. The maximum atomic E-state index is 13.0. The first kappa shape index (κ1) is 20.6. The fourth-order valence-electron chi connectivity index (χ4n) is 2.64. The van der Waals surface area contributed by atoms with Crippen molar-refractivity contribution in [1.29, 1.82) is 0 Å². The molecule has 0 saturated carbocycles. The normalized spacial score (nSPS) is 10.9. The quantitative estimate of drug-likeness (QED) is 0.586. The minimum atomic E-state index is -2.72. The molecule has 2 amide bonds. The summed E-state index contributed by atoms with van der Waals surface area (Å²) in [5.74, 6) is -0.401. The van der Waals surface area contributed by atoms with Gasteiger partial charge in [0.05, 0.1) is 17.0 Å². The minimum Gasteiger partial charge on any atom is -0.355 e. The lowest BCUT2D eigenvalue weighted by atomic mass is 10.1. The third-order valence-electron chi connectivity index (χ3n) is 4.01. The average Bonchev–Trinajstić information content (AvgIpc) is 3.29. The molecular weight excluding hydrogens is 400 g/mol. The van der Waals surface area contributed by atoms with Gasteiger partial charge in [-0.05, 0) is 12.5 Å². The predicted octanol–water partition coefficient (Wildman–Crippen LogP) is 3.40. The lowest BCUT2D eigenvalue weighted by molar-refractivity contribution is -0.120. The molecule has 29 heavy (non-hydrogen) atoms. The van der Waals surface area contributed by atoms with E-state index in [-0.39, 0.29) is 37.0 Å². The van der Waals surface area contributed by atoms with Gasteiger partial charge >= 0.3 is 6.55 Å². The number of rotatable bonds is 8. The van der Waals surface area contributed by atoms with Crippen LogP contribution >= 0.6 is 11.3 Å². The van der Waals surface area contributed by atoms with Crippen molar-refractivity contribution in [2.75, 3.05) is 11.9 Å². The second-order valence-electron chi connectivity index (χ2n) is 6.18. The van der Waals surface area contributed by atoms with Crippen LogP contribution in [0.3, 0.4) is 0 Å². The summed E-state index contributed by atoms with van der Waals surface area (Å²) < 4.78 is 26.8. The van der Waals surface area contributed by atoms with E-state index in [1.54, 1.807) is 6.92 Å². The number of hydrogen-bond acceptors (Lipinski definition) is 5. The number of benzene rings is 1. The molecule has 10 heteroatoms. The molecule has 0 saturated heterocycles. The van der Waals surface area contributed by atoms with Crippen LogP contribution in [0.2, 0.25) is 0 Å². The summed E-state index contributed by atoms with van der Waals surface area (Å²) in [6, 6.07) is 9.29. The van der Waals surface area contributed by atoms with Gasteiger partial charge in [0, 0.05) is 25.4 Å². The summed E-state index contributed by atoms with van der Waals surface area (Å²) in [5.41, 5.74) is 1.39. The van der Waals surface area contributed by atoms with Gasteiger partial charge in [0.15, 0.2) is 11.0 Å². The molecule has 0 radical (unpaired) electrons. The molecule has 152 valence electrons. The number of nitrogens with zero attached hydrogens (tertiary/aromatic N) is 3. The van der Waals surface area contributed by atoms with E-state index in [2.05, 4.69) is 20.6 Å². The third kappa shape index (κ3) is 5.44. The number of carbonyl (C=O) groups is 2. The predicted molar refractivity (Wildman–Crippen MR) is 106 cm³/mol. The summed E-state index contributed by atoms with van der Waals surface area (Å²) in [5, 5.41) is 5.62. The fourth-order valence-corrected chi connectivity index (χ4v) is 3.63. The molecular formula is C19H19F2N5O2S. The molecule has 2 heterocycles. The van der Waals surface area contributed by atoms with Gasteiger partial charge in [-0.3, -0.25) is 14.2 Å². The number of alkyl halides is 2. The Morgan fingerprint density at radius 2 is 1.97 bits per heavy atom. The van der Waals surface area contributed by atoms with E-state index in [4.69, 9.17) is 0 Å². The van der Waals surface area contributed by atoms with Crippen molar-refractivity contribution < 1.29 is 18.4 Å². The molecule has 0 spiro atoms. The van der Waals surface area contributed by atoms with Crippen molar-refractivity contribution in [3.05, 3.63) is 54.0 Å². The summed E-state index contributed by atoms with van der Waals surface area (Å²) in [4.78, 5) is 32.6. The molecule has 0 fully saturated rings. The highest BCUT2D eigenvalue weighted by atomic mass is 32.1. The SMILES string of the molecule is Cc1nc(NC(=O)CCNC(=O)Cc2ccccc2)sc1-c1nccn1C(F)F. The van der Waals surface area contributed by atoms with Crippen molar-refractivity contribution in [2.24, 2.45) is 0 Å². The number of imidazole rings is 1. The van der Waals surface area contributed by atoms with Crippen LogP contribution in [0.1, 0.15) is 24.2 Å². The number of aromatic nitrogens is 3. The number of thiazole rings is 1. The number of nitrogens with one attached hydrogen (secondary N) is 2. The second-order valence-corrected chi connectivity index (χ2v) is 7.18. The van der Waals surface area contributed by atoms with E-state index in [0.29, 0.717) is 15.7 Å². The molecule has 0 unspecified atom stereocenters. The first-order valence-electron chi connectivity index (χ1n) is 8.83. The highest BCUT2D eigenvalue weighted by Gasteiger charge is 2.19. The van der Waals surface area contributed by atoms with Gasteiger partial charge < -0.3 is 10.6 Å². The first-order chi connectivity index (χ1) is 13.9. The second kappa shape index (κ2) is 9.37. The zero-order valence-electron chi connectivity index (χ0n) is 15.6. The Morgan fingerprint density at radius 1 is 1.21 bits per heavy atom. The zero-order valence-corrected chi connectivity index (χ0v) is 16.4. The minimum absolute atomic E-state index is 0.0696. The molecule has 3 aromatic rings. The van der Waals surface area contributed by atoms with Gasteiger partial charge in [-0.2, -0.15) is 8.78 Å². The van der Waals surface area contributed by atoms with Crippen molar-refractivity contribution >= 4 is 28.3 Å². The van der Waals surface area contributed by atoms with Crippen LogP contribution in [-0.4, -0.2) is 32.9 Å². The Hall–Kier alpha value is -3.14. The highest BCUT2D eigenvalue weighted by molar-refractivity contribution is 7.19. The van der Waals surface area contributed by atoms with Crippen LogP contribution < -0.4 is 10.6 Å². The van der Waals surface area contributed by atoms with E-state index in [1.807, 2.05) is 30.3 Å². The van der Waals surface area contributed by atoms with Gasteiger partial charge in [0.25, 0.3) is 0 Å². The van der Waals surface area contributed by atoms with Crippen LogP contribution in [0.4, 0.5) is 13.9 Å². The number of amides is 2. The van der Waals surface area contributed by atoms with E-state index in [9.17, 15) is 18.4 Å². The van der Waals surface area contributed by atoms with E-state index in [0.717, 1.165) is 21.5 Å². The average molecular weight is 419 g/mol. The lowest BCUT2D eigenvalue weighted by Crippen LogP contribution is -2.28. The molecule has 7 nitrogen and oxygen atoms in total. The van der Waals surface area contributed by atoms with E-state index >= 15 is 0 Å². The molecule has 0 aliphatic heterocycles. The van der Waals surface area contributed by atoms with Crippen LogP contribution in [-0.2, 0) is 16.0 Å². The summed E-state index contributed by atoms with van der Waals surface area (Å²) >= 11 is 1.07. The monoisotopic (exact) mass is 419 g/mol. The van der Waals surface area contributed by atoms with Gasteiger partial charge in [0.2, 0.25) is 11.8 Å². The largest absolute Gasteiger partial charge is 0.355 e.